The number of aryl methyl sites for hydroxylation is 1. The summed E-state index contributed by atoms with van der Waals surface area (Å²) in [6.45, 7) is -1.36. The second-order valence-electron chi connectivity index (χ2n) is 2.68. The van der Waals surface area contributed by atoms with E-state index in [1.807, 2.05) is 0 Å². The maximum Gasteiger partial charge on any atom is 0.387 e. The molecule has 0 unspecified atom stereocenters. The van der Waals surface area contributed by atoms with Crippen molar-refractivity contribution in [2.45, 2.75) is 13.5 Å². The Morgan fingerprint density at radius 1 is 1.50 bits per heavy atom. The van der Waals surface area contributed by atoms with E-state index in [0.29, 0.717) is 5.56 Å². The van der Waals surface area contributed by atoms with Crippen molar-refractivity contribution < 1.29 is 23.4 Å². The summed E-state index contributed by atoms with van der Waals surface area (Å²) in [4.78, 5) is 10.6. The van der Waals surface area contributed by atoms with E-state index in [-0.39, 0.29) is 11.3 Å². The van der Waals surface area contributed by atoms with E-state index in [0.717, 1.165) is 0 Å². The molecular weight excluding hydrogens is 194 g/mol. The third-order valence-electron chi connectivity index (χ3n) is 1.58. The molecule has 0 heterocycles. The number of hydrogen-bond donors (Lipinski definition) is 1. The fourth-order valence-corrected chi connectivity index (χ4v) is 1.000. The Kier molecular flexibility index (Phi) is 3.01. The predicted octanol–water partition coefficient (Wildman–Crippen LogP) is 2.29. The first-order valence-corrected chi connectivity index (χ1v) is 3.79. The quantitative estimate of drug-likeness (QED) is 0.817. The highest BCUT2D eigenvalue weighted by atomic mass is 19.3. The molecule has 0 saturated carbocycles. The van der Waals surface area contributed by atoms with Crippen LogP contribution in [-0.2, 0) is 0 Å². The van der Waals surface area contributed by atoms with Crippen LogP contribution in [0.25, 0.3) is 0 Å². The molecule has 0 fully saturated rings. The summed E-state index contributed by atoms with van der Waals surface area (Å²) in [5.74, 6) is -1.60. The lowest BCUT2D eigenvalue weighted by molar-refractivity contribution is -0.0503. The van der Waals surface area contributed by atoms with Crippen LogP contribution in [0, 0.1) is 6.92 Å². The topological polar surface area (TPSA) is 46.5 Å². The minimum atomic E-state index is -3.02. The fraction of sp³-hybridized carbons (Fsp3) is 0.222. The molecule has 1 aromatic rings. The van der Waals surface area contributed by atoms with Gasteiger partial charge in [-0.15, -0.1) is 0 Å². The molecule has 5 heteroatoms. The zero-order valence-electron chi connectivity index (χ0n) is 7.33. The normalized spacial score (nSPS) is 10.3. The second-order valence-corrected chi connectivity index (χ2v) is 2.68. The highest BCUT2D eigenvalue weighted by molar-refractivity contribution is 5.90. The SMILES string of the molecule is Cc1ccc(C(=O)O)c(OC(F)F)c1. The van der Waals surface area contributed by atoms with Gasteiger partial charge >= 0.3 is 12.6 Å². The Bertz CT molecular complexity index is 350. The van der Waals surface area contributed by atoms with Gasteiger partial charge in [0.15, 0.2) is 0 Å². The van der Waals surface area contributed by atoms with Gasteiger partial charge in [0.25, 0.3) is 0 Å². The van der Waals surface area contributed by atoms with Crippen molar-refractivity contribution >= 4 is 5.97 Å². The Morgan fingerprint density at radius 2 is 2.14 bits per heavy atom. The summed E-state index contributed by atoms with van der Waals surface area (Å²) in [5.41, 5.74) is 0.390. The number of alkyl halides is 2. The van der Waals surface area contributed by atoms with Gasteiger partial charge in [-0.25, -0.2) is 4.79 Å². The van der Waals surface area contributed by atoms with Crippen molar-refractivity contribution in [3.05, 3.63) is 29.3 Å². The first kappa shape index (κ1) is 10.4. The molecular formula is C9H8F2O3. The van der Waals surface area contributed by atoms with Gasteiger partial charge in [0, 0.05) is 0 Å². The lowest BCUT2D eigenvalue weighted by atomic mass is 10.1. The van der Waals surface area contributed by atoms with Crippen LogP contribution in [-0.4, -0.2) is 17.7 Å². The van der Waals surface area contributed by atoms with E-state index in [1.54, 1.807) is 6.92 Å². The smallest absolute Gasteiger partial charge is 0.387 e. The number of carboxylic acids is 1. The van der Waals surface area contributed by atoms with Gasteiger partial charge < -0.3 is 9.84 Å². The van der Waals surface area contributed by atoms with Gasteiger partial charge in [-0.1, -0.05) is 6.07 Å². The number of carbonyl (C=O) groups is 1. The zero-order valence-corrected chi connectivity index (χ0v) is 7.33. The molecule has 1 rings (SSSR count). The lowest BCUT2D eigenvalue weighted by Gasteiger charge is -2.08. The van der Waals surface area contributed by atoms with Crippen LogP contribution < -0.4 is 4.74 Å². The van der Waals surface area contributed by atoms with E-state index in [1.165, 1.54) is 18.2 Å². The molecule has 0 amide bonds. The maximum atomic E-state index is 11.9. The minimum Gasteiger partial charge on any atom is -0.478 e. The number of benzene rings is 1. The molecule has 14 heavy (non-hydrogen) atoms. The van der Waals surface area contributed by atoms with E-state index in [4.69, 9.17) is 5.11 Å². The largest absolute Gasteiger partial charge is 0.478 e. The van der Waals surface area contributed by atoms with Gasteiger partial charge in [-0.05, 0) is 24.6 Å². The molecule has 0 radical (unpaired) electrons. The average molecular weight is 202 g/mol. The molecule has 0 aliphatic rings. The Hall–Kier alpha value is -1.65. The van der Waals surface area contributed by atoms with Crippen molar-refractivity contribution in [1.82, 2.24) is 0 Å². The van der Waals surface area contributed by atoms with Gasteiger partial charge in [-0.2, -0.15) is 8.78 Å². The van der Waals surface area contributed by atoms with E-state index >= 15 is 0 Å². The number of halogens is 2. The minimum absolute atomic E-state index is 0.268. The van der Waals surface area contributed by atoms with Gasteiger partial charge in [0.05, 0.1) is 0 Å². The molecule has 1 N–H and O–H groups in total. The molecule has 1 aromatic carbocycles. The van der Waals surface area contributed by atoms with Crippen molar-refractivity contribution in [3.8, 4) is 5.75 Å². The third-order valence-corrected chi connectivity index (χ3v) is 1.58. The van der Waals surface area contributed by atoms with Crippen molar-refractivity contribution in [2.75, 3.05) is 0 Å². The highest BCUT2D eigenvalue weighted by Gasteiger charge is 2.14. The van der Waals surface area contributed by atoms with Crippen LogP contribution in [0.2, 0.25) is 0 Å². The first-order chi connectivity index (χ1) is 6.50. The summed E-state index contributed by atoms with van der Waals surface area (Å²) in [6.07, 6.45) is 0. The highest BCUT2D eigenvalue weighted by Crippen LogP contribution is 2.22. The standard InChI is InChI=1S/C9H8F2O3/c1-5-2-3-6(8(12)13)7(4-5)14-9(10)11/h2-4,9H,1H3,(H,12,13). The molecule has 0 aromatic heterocycles. The molecule has 76 valence electrons. The molecule has 0 saturated heterocycles. The number of carboxylic acid groups (broad SMARTS) is 1. The number of rotatable bonds is 3. The number of hydrogen-bond acceptors (Lipinski definition) is 2. The maximum absolute atomic E-state index is 11.9. The van der Waals surface area contributed by atoms with Crippen LogP contribution in [0.4, 0.5) is 8.78 Å². The lowest BCUT2D eigenvalue weighted by Crippen LogP contribution is -2.07. The monoisotopic (exact) mass is 202 g/mol. The average Bonchev–Trinajstić information content (AvgIpc) is 2.01. The molecule has 0 bridgehead atoms. The molecule has 3 nitrogen and oxygen atoms in total. The predicted molar refractivity (Wildman–Crippen MR) is 44.8 cm³/mol. The van der Waals surface area contributed by atoms with Crippen molar-refractivity contribution in [1.29, 1.82) is 0 Å². The molecule has 0 aliphatic heterocycles. The first-order valence-electron chi connectivity index (χ1n) is 3.79. The van der Waals surface area contributed by atoms with E-state index in [9.17, 15) is 13.6 Å². The number of aromatic carboxylic acids is 1. The summed E-state index contributed by atoms with van der Waals surface area (Å²) >= 11 is 0. The van der Waals surface area contributed by atoms with Crippen molar-refractivity contribution in [2.24, 2.45) is 0 Å². The van der Waals surface area contributed by atoms with Gasteiger partial charge in [0.2, 0.25) is 0 Å². The van der Waals surface area contributed by atoms with Gasteiger partial charge in [-0.3, -0.25) is 0 Å². The van der Waals surface area contributed by atoms with Crippen LogP contribution in [0.15, 0.2) is 18.2 Å². The van der Waals surface area contributed by atoms with Crippen molar-refractivity contribution in [3.63, 3.8) is 0 Å². The van der Waals surface area contributed by atoms with Crippen LogP contribution in [0.1, 0.15) is 15.9 Å². The Morgan fingerprint density at radius 3 is 2.64 bits per heavy atom. The number of ether oxygens (including phenoxy) is 1. The van der Waals surface area contributed by atoms with E-state index < -0.39 is 12.6 Å². The summed E-state index contributed by atoms with van der Waals surface area (Å²) < 4.78 is 27.8. The fourth-order valence-electron chi connectivity index (χ4n) is 1.000. The Balaban J connectivity index is 3.09. The summed E-state index contributed by atoms with van der Waals surface area (Å²) in [6, 6.07) is 4.01. The second kappa shape index (κ2) is 4.04. The van der Waals surface area contributed by atoms with Crippen LogP contribution >= 0.6 is 0 Å². The third kappa shape index (κ3) is 2.42. The Labute approximate surface area is 78.9 Å². The summed E-state index contributed by atoms with van der Waals surface area (Å²) in [7, 11) is 0. The van der Waals surface area contributed by atoms with Crippen LogP contribution in [0.3, 0.4) is 0 Å². The van der Waals surface area contributed by atoms with Crippen LogP contribution in [0.5, 0.6) is 5.75 Å². The molecule has 0 atom stereocenters. The van der Waals surface area contributed by atoms with E-state index in [2.05, 4.69) is 4.74 Å². The molecule has 0 spiro atoms. The molecule has 0 aliphatic carbocycles. The van der Waals surface area contributed by atoms with Gasteiger partial charge in [0.1, 0.15) is 11.3 Å². The zero-order chi connectivity index (χ0) is 10.7. The summed E-state index contributed by atoms with van der Waals surface area (Å²) in [5, 5.41) is 8.64.